The molecule has 0 unspecified atom stereocenters. The van der Waals surface area contributed by atoms with Gasteiger partial charge in [0.25, 0.3) is 0 Å². The molecule has 0 saturated carbocycles. The molecule has 3 nitrogen and oxygen atoms in total. The standard InChI is InChI=1S/C10H12BrNO2/c1-7(2)6-14-10(13)8-4-3-5-9(11)12-8/h3-5,7H,6H2,1-2H3. The average molecular weight is 258 g/mol. The maximum atomic E-state index is 11.4. The molecule has 0 radical (unpaired) electrons. The Morgan fingerprint density at radius 1 is 1.57 bits per heavy atom. The Hall–Kier alpha value is -0.900. The van der Waals surface area contributed by atoms with Crippen LogP contribution < -0.4 is 0 Å². The quantitative estimate of drug-likeness (QED) is 0.618. The third-order valence-corrected chi connectivity index (χ3v) is 1.91. The molecule has 0 aliphatic rings. The Morgan fingerprint density at radius 3 is 2.86 bits per heavy atom. The van der Waals surface area contributed by atoms with Crippen molar-refractivity contribution in [1.82, 2.24) is 4.98 Å². The Kier molecular flexibility index (Phi) is 4.07. The topological polar surface area (TPSA) is 39.2 Å². The van der Waals surface area contributed by atoms with Gasteiger partial charge in [0.1, 0.15) is 10.3 Å². The average Bonchev–Trinajstić information content (AvgIpc) is 2.14. The number of ether oxygens (including phenoxy) is 1. The van der Waals surface area contributed by atoms with Gasteiger partial charge in [-0.25, -0.2) is 9.78 Å². The zero-order chi connectivity index (χ0) is 10.6. The Labute approximate surface area is 91.6 Å². The van der Waals surface area contributed by atoms with E-state index >= 15 is 0 Å². The maximum absolute atomic E-state index is 11.4. The van der Waals surface area contributed by atoms with Gasteiger partial charge < -0.3 is 4.74 Å². The number of aromatic nitrogens is 1. The lowest BCUT2D eigenvalue weighted by atomic mass is 10.2. The van der Waals surface area contributed by atoms with Crippen molar-refractivity contribution in [2.24, 2.45) is 5.92 Å². The van der Waals surface area contributed by atoms with Crippen LogP contribution in [0.15, 0.2) is 22.8 Å². The van der Waals surface area contributed by atoms with Crippen molar-refractivity contribution >= 4 is 21.9 Å². The van der Waals surface area contributed by atoms with E-state index in [9.17, 15) is 4.79 Å². The van der Waals surface area contributed by atoms with E-state index in [2.05, 4.69) is 20.9 Å². The molecule has 0 aromatic carbocycles. The highest BCUT2D eigenvalue weighted by atomic mass is 79.9. The summed E-state index contributed by atoms with van der Waals surface area (Å²) < 4.78 is 5.66. The first kappa shape index (κ1) is 11.2. The monoisotopic (exact) mass is 257 g/mol. The van der Waals surface area contributed by atoms with Crippen molar-refractivity contribution in [3.8, 4) is 0 Å². The van der Waals surface area contributed by atoms with Crippen LogP contribution in [-0.2, 0) is 4.74 Å². The Bertz CT molecular complexity index is 326. The van der Waals surface area contributed by atoms with Gasteiger partial charge in [0.05, 0.1) is 6.61 Å². The molecule has 1 rings (SSSR count). The molecule has 76 valence electrons. The minimum Gasteiger partial charge on any atom is -0.461 e. The van der Waals surface area contributed by atoms with Crippen LogP contribution in [0.2, 0.25) is 0 Å². The number of nitrogens with zero attached hydrogens (tertiary/aromatic N) is 1. The summed E-state index contributed by atoms with van der Waals surface area (Å²) in [4.78, 5) is 15.4. The lowest BCUT2D eigenvalue weighted by Gasteiger charge is -2.06. The van der Waals surface area contributed by atoms with Crippen LogP contribution in [0.4, 0.5) is 0 Å². The van der Waals surface area contributed by atoms with E-state index in [1.807, 2.05) is 13.8 Å². The Balaban J connectivity index is 2.61. The molecule has 0 spiro atoms. The number of pyridine rings is 1. The molecule has 0 N–H and O–H groups in total. The van der Waals surface area contributed by atoms with Crippen LogP contribution in [0.25, 0.3) is 0 Å². The van der Waals surface area contributed by atoms with Gasteiger partial charge in [-0.15, -0.1) is 0 Å². The van der Waals surface area contributed by atoms with Crippen LogP contribution >= 0.6 is 15.9 Å². The molecule has 0 amide bonds. The predicted molar refractivity (Wildman–Crippen MR) is 57.1 cm³/mol. The van der Waals surface area contributed by atoms with Crippen molar-refractivity contribution in [3.63, 3.8) is 0 Å². The lowest BCUT2D eigenvalue weighted by molar-refractivity contribution is 0.0452. The van der Waals surface area contributed by atoms with Crippen LogP contribution in [-0.4, -0.2) is 17.6 Å². The van der Waals surface area contributed by atoms with Gasteiger partial charge in [-0.2, -0.15) is 0 Å². The molecule has 1 heterocycles. The van der Waals surface area contributed by atoms with Gasteiger partial charge in [-0.1, -0.05) is 19.9 Å². The van der Waals surface area contributed by atoms with Gasteiger partial charge in [0, 0.05) is 0 Å². The molecule has 1 aromatic rings. The van der Waals surface area contributed by atoms with Crippen LogP contribution in [0.5, 0.6) is 0 Å². The van der Waals surface area contributed by atoms with Crippen molar-refractivity contribution in [3.05, 3.63) is 28.5 Å². The first-order valence-electron chi connectivity index (χ1n) is 4.39. The highest BCUT2D eigenvalue weighted by Crippen LogP contribution is 2.07. The van der Waals surface area contributed by atoms with E-state index in [4.69, 9.17) is 4.74 Å². The second kappa shape index (κ2) is 5.10. The molecule has 0 bridgehead atoms. The molecule has 0 aliphatic carbocycles. The van der Waals surface area contributed by atoms with E-state index in [0.29, 0.717) is 22.8 Å². The molecule has 4 heteroatoms. The fraction of sp³-hybridized carbons (Fsp3) is 0.400. The van der Waals surface area contributed by atoms with E-state index in [1.54, 1.807) is 18.2 Å². The minimum atomic E-state index is -0.375. The third-order valence-electron chi connectivity index (χ3n) is 1.47. The molecule has 0 fully saturated rings. The number of hydrogen-bond donors (Lipinski definition) is 0. The number of carbonyl (C=O) groups is 1. The van der Waals surface area contributed by atoms with Gasteiger partial charge in [-0.3, -0.25) is 0 Å². The Morgan fingerprint density at radius 2 is 2.29 bits per heavy atom. The SMILES string of the molecule is CC(C)COC(=O)c1cccc(Br)n1. The van der Waals surface area contributed by atoms with E-state index in [-0.39, 0.29) is 5.97 Å². The summed E-state index contributed by atoms with van der Waals surface area (Å²) in [5, 5.41) is 0. The third kappa shape index (κ3) is 3.46. The highest BCUT2D eigenvalue weighted by molar-refractivity contribution is 9.10. The summed E-state index contributed by atoms with van der Waals surface area (Å²) in [7, 11) is 0. The number of esters is 1. The predicted octanol–water partition coefficient (Wildman–Crippen LogP) is 2.66. The summed E-state index contributed by atoms with van der Waals surface area (Å²) >= 11 is 3.19. The fourth-order valence-corrected chi connectivity index (χ4v) is 1.18. The largest absolute Gasteiger partial charge is 0.461 e. The number of halogens is 1. The second-order valence-electron chi connectivity index (χ2n) is 3.34. The van der Waals surface area contributed by atoms with Crippen molar-refractivity contribution in [2.45, 2.75) is 13.8 Å². The molecular formula is C10H12BrNO2. The summed E-state index contributed by atoms with van der Waals surface area (Å²) in [6.07, 6.45) is 0. The van der Waals surface area contributed by atoms with Gasteiger partial charge in [0.15, 0.2) is 0 Å². The number of hydrogen-bond acceptors (Lipinski definition) is 3. The van der Waals surface area contributed by atoms with Crippen LogP contribution in [0, 0.1) is 5.92 Å². The molecule has 0 atom stereocenters. The van der Waals surface area contributed by atoms with Gasteiger partial charge in [-0.05, 0) is 34.0 Å². The highest BCUT2D eigenvalue weighted by Gasteiger charge is 2.09. The second-order valence-corrected chi connectivity index (χ2v) is 4.15. The molecule has 0 saturated heterocycles. The molecule has 1 aromatic heterocycles. The molecule has 0 aliphatic heterocycles. The van der Waals surface area contributed by atoms with Crippen LogP contribution in [0.1, 0.15) is 24.3 Å². The van der Waals surface area contributed by atoms with Crippen molar-refractivity contribution in [2.75, 3.05) is 6.61 Å². The zero-order valence-corrected chi connectivity index (χ0v) is 9.74. The van der Waals surface area contributed by atoms with Gasteiger partial charge in [0.2, 0.25) is 0 Å². The fourth-order valence-electron chi connectivity index (χ4n) is 0.838. The smallest absolute Gasteiger partial charge is 0.356 e. The first-order valence-corrected chi connectivity index (χ1v) is 5.18. The van der Waals surface area contributed by atoms with Crippen molar-refractivity contribution in [1.29, 1.82) is 0 Å². The summed E-state index contributed by atoms with van der Waals surface area (Å²) in [5.41, 5.74) is 0.333. The summed E-state index contributed by atoms with van der Waals surface area (Å²) in [6, 6.07) is 5.15. The van der Waals surface area contributed by atoms with Gasteiger partial charge >= 0.3 is 5.97 Å². The van der Waals surface area contributed by atoms with Crippen LogP contribution in [0.3, 0.4) is 0 Å². The normalized spacial score (nSPS) is 10.3. The number of carbonyl (C=O) groups excluding carboxylic acids is 1. The van der Waals surface area contributed by atoms with E-state index in [1.165, 1.54) is 0 Å². The first-order chi connectivity index (χ1) is 6.59. The van der Waals surface area contributed by atoms with Crippen molar-refractivity contribution < 1.29 is 9.53 Å². The molecule has 14 heavy (non-hydrogen) atoms. The maximum Gasteiger partial charge on any atom is 0.356 e. The minimum absolute atomic E-state index is 0.333. The zero-order valence-electron chi connectivity index (χ0n) is 8.16. The summed E-state index contributed by atoms with van der Waals surface area (Å²) in [5.74, 6) is -0.0360. The lowest BCUT2D eigenvalue weighted by Crippen LogP contribution is -2.11. The van der Waals surface area contributed by atoms with E-state index in [0.717, 1.165) is 0 Å². The molecular weight excluding hydrogens is 246 g/mol. The number of rotatable bonds is 3. The summed E-state index contributed by atoms with van der Waals surface area (Å²) in [6.45, 7) is 4.40. The van der Waals surface area contributed by atoms with E-state index < -0.39 is 0 Å².